The molecule has 0 bridgehead atoms. The molecule has 0 spiro atoms. The van der Waals surface area contributed by atoms with Crippen molar-refractivity contribution in [3.05, 3.63) is 0 Å². The number of carboxylic acid groups (broad SMARTS) is 1. The molecule has 0 saturated heterocycles. The van der Waals surface area contributed by atoms with Crippen LogP contribution in [0, 0.1) is 0 Å². The molecule has 0 aromatic rings. The molecule has 0 fully saturated rings. The average Bonchev–Trinajstić information content (AvgIpc) is 2.16. The third-order valence-corrected chi connectivity index (χ3v) is 2.40. The van der Waals surface area contributed by atoms with Gasteiger partial charge in [0, 0.05) is 6.42 Å². The number of nitrogens with two attached hydrogens (primary N) is 1. The topological polar surface area (TPSA) is 109 Å². The number of aliphatic carboxylic acids is 1. The van der Waals surface area contributed by atoms with E-state index in [1.54, 1.807) is 6.92 Å². The summed E-state index contributed by atoms with van der Waals surface area (Å²) in [5.41, 5.74) is 4.92. The van der Waals surface area contributed by atoms with Gasteiger partial charge in [0.2, 0.25) is 11.0 Å². The van der Waals surface area contributed by atoms with Gasteiger partial charge in [0.05, 0.1) is 6.04 Å². The van der Waals surface area contributed by atoms with Crippen LogP contribution in [-0.2, 0) is 14.4 Å². The van der Waals surface area contributed by atoms with Crippen LogP contribution in [-0.4, -0.2) is 34.2 Å². The van der Waals surface area contributed by atoms with Crippen molar-refractivity contribution < 1.29 is 19.5 Å². The van der Waals surface area contributed by atoms with Crippen molar-refractivity contribution in [1.82, 2.24) is 5.32 Å². The molecule has 0 aromatic carbocycles. The van der Waals surface area contributed by atoms with E-state index < -0.39 is 29.1 Å². The highest BCUT2D eigenvalue weighted by Gasteiger charge is 2.23. The largest absolute Gasteiger partial charge is 0.480 e. The molecule has 0 aromatic heterocycles. The molecule has 0 rings (SSSR count). The lowest BCUT2D eigenvalue weighted by molar-refractivity contribution is -0.140. The molecule has 1 unspecified atom stereocenters. The number of thiol groups is 1. The van der Waals surface area contributed by atoms with Crippen molar-refractivity contribution in [3.8, 4) is 0 Å². The van der Waals surface area contributed by atoms with Crippen LogP contribution in [0.1, 0.15) is 26.2 Å². The Bertz CT molecular complexity index is 283. The molecule has 0 aliphatic carbocycles. The summed E-state index contributed by atoms with van der Waals surface area (Å²) >= 11 is 3.64. The van der Waals surface area contributed by atoms with Crippen molar-refractivity contribution in [2.24, 2.45) is 5.73 Å². The van der Waals surface area contributed by atoms with E-state index in [2.05, 4.69) is 17.9 Å². The molecule has 1 amide bonds. The van der Waals surface area contributed by atoms with E-state index in [0.29, 0.717) is 6.42 Å². The molecule has 6 nitrogen and oxygen atoms in total. The van der Waals surface area contributed by atoms with Gasteiger partial charge in [-0.25, -0.2) is 0 Å². The first-order chi connectivity index (χ1) is 7.38. The summed E-state index contributed by atoms with van der Waals surface area (Å²) < 4.78 is 0. The van der Waals surface area contributed by atoms with Gasteiger partial charge in [0.1, 0.15) is 6.04 Å². The zero-order valence-corrected chi connectivity index (χ0v) is 9.87. The van der Waals surface area contributed by atoms with Gasteiger partial charge in [-0.3, -0.25) is 19.7 Å². The normalized spacial score (nSPS) is 14.1. The van der Waals surface area contributed by atoms with Crippen molar-refractivity contribution in [2.75, 3.05) is 0 Å². The second kappa shape index (κ2) is 7.24. The number of hydrogen-bond acceptors (Lipinski definition) is 4. The lowest BCUT2D eigenvalue weighted by atomic mass is 10.1. The molecule has 0 radical (unpaired) electrons. The monoisotopic (exact) mass is 248 g/mol. The molecular formula is C9H16N2O4S. The third kappa shape index (κ3) is 5.72. The summed E-state index contributed by atoms with van der Waals surface area (Å²) in [5, 5.41) is 11.1. The van der Waals surface area contributed by atoms with Gasteiger partial charge >= 0.3 is 5.97 Å². The number of rotatable bonds is 8. The first-order valence-electron chi connectivity index (χ1n) is 4.88. The smallest absolute Gasteiger partial charge is 0.320 e. The highest BCUT2D eigenvalue weighted by atomic mass is 32.1. The molecular weight excluding hydrogens is 232 g/mol. The van der Waals surface area contributed by atoms with Gasteiger partial charge in [0.25, 0.3) is 0 Å². The van der Waals surface area contributed by atoms with Gasteiger partial charge in [-0.2, -0.15) is 0 Å². The fraction of sp³-hybridized carbons (Fsp3) is 0.667. The number of carboxylic acids is 1. The Kier molecular flexibility index (Phi) is 6.75. The lowest BCUT2D eigenvalue weighted by Crippen LogP contribution is -2.46. The van der Waals surface area contributed by atoms with E-state index in [-0.39, 0.29) is 12.8 Å². The van der Waals surface area contributed by atoms with Crippen LogP contribution in [0.25, 0.3) is 0 Å². The summed E-state index contributed by atoms with van der Waals surface area (Å²) in [6.45, 7) is 1.73. The summed E-state index contributed by atoms with van der Waals surface area (Å²) in [7, 11) is 0. The van der Waals surface area contributed by atoms with Gasteiger partial charge in [-0.15, -0.1) is 12.6 Å². The quantitative estimate of drug-likeness (QED) is 0.434. The standard InChI is InChI=1S/C9H16N2O4S/c1-2-5(9(15)16)11-6(8(13)14)3-4-7(10)12/h5-6,11H,2-4H2,1H3,(H2,10,12)(H,13,14)(H,15,16)/t5?,6-/m0/s1. The van der Waals surface area contributed by atoms with Crippen LogP contribution < -0.4 is 11.1 Å². The molecule has 0 heterocycles. The Hall–Kier alpha value is -1.08. The van der Waals surface area contributed by atoms with Crippen LogP contribution in [0.5, 0.6) is 0 Å². The first kappa shape index (κ1) is 14.9. The fourth-order valence-corrected chi connectivity index (χ4v) is 1.43. The van der Waals surface area contributed by atoms with Gasteiger partial charge in [-0.05, 0) is 12.8 Å². The summed E-state index contributed by atoms with van der Waals surface area (Å²) in [5.74, 6) is -1.69. The van der Waals surface area contributed by atoms with Crippen molar-refractivity contribution in [1.29, 1.82) is 0 Å². The molecule has 16 heavy (non-hydrogen) atoms. The van der Waals surface area contributed by atoms with Gasteiger partial charge in [0.15, 0.2) is 0 Å². The fourth-order valence-electron chi connectivity index (χ4n) is 1.17. The maximum absolute atomic E-state index is 11.0. The maximum atomic E-state index is 11.0. The van der Waals surface area contributed by atoms with Crippen LogP contribution in [0.4, 0.5) is 0 Å². The number of carbonyl (C=O) groups is 3. The van der Waals surface area contributed by atoms with E-state index >= 15 is 0 Å². The van der Waals surface area contributed by atoms with E-state index in [4.69, 9.17) is 10.8 Å². The second-order valence-corrected chi connectivity index (χ2v) is 3.80. The predicted octanol–water partition coefficient (Wildman–Crippen LogP) is -0.470. The number of nitrogens with one attached hydrogen (secondary N) is 1. The summed E-state index contributed by atoms with van der Waals surface area (Å²) in [6.07, 6.45) is 0.450. The predicted molar refractivity (Wildman–Crippen MR) is 61.1 cm³/mol. The molecule has 0 saturated carbocycles. The van der Waals surface area contributed by atoms with Crippen molar-refractivity contribution in [2.45, 2.75) is 38.3 Å². The Labute approximate surface area is 99.0 Å². The van der Waals surface area contributed by atoms with Crippen molar-refractivity contribution >= 4 is 29.6 Å². The number of amides is 1. The average molecular weight is 248 g/mol. The highest BCUT2D eigenvalue weighted by Crippen LogP contribution is 2.03. The van der Waals surface area contributed by atoms with Crippen LogP contribution >= 0.6 is 12.6 Å². The van der Waals surface area contributed by atoms with Crippen molar-refractivity contribution in [3.63, 3.8) is 0 Å². The van der Waals surface area contributed by atoms with E-state index in [9.17, 15) is 14.4 Å². The van der Waals surface area contributed by atoms with Gasteiger partial charge < -0.3 is 10.8 Å². The molecule has 2 atom stereocenters. The SMILES string of the molecule is CCC(N[C@@H](CCC(N)=O)C(=O)O)C(=O)S. The molecule has 0 aliphatic rings. The number of primary amides is 1. The van der Waals surface area contributed by atoms with E-state index in [1.165, 1.54) is 0 Å². The number of hydrogen-bond donors (Lipinski definition) is 4. The Morgan fingerprint density at radius 3 is 2.25 bits per heavy atom. The Morgan fingerprint density at radius 2 is 1.94 bits per heavy atom. The maximum Gasteiger partial charge on any atom is 0.320 e. The van der Waals surface area contributed by atoms with Crippen LogP contribution in [0.2, 0.25) is 0 Å². The molecule has 4 N–H and O–H groups in total. The number of carbonyl (C=O) groups excluding carboxylic acids is 2. The summed E-state index contributed by atoms with van der Waals surface area (Å²) in [6, 6.07) is -1.59. The minimum absolute atomic E-state index is 0.0405. The lowest BCUT2D eigenvalue weighted by Gasteiger charge is -2.19. The highest BCUT2D eigenvalue weighted by molar-refractivity contribution is 7.96. The van der Waals surface area contributed by atoms with E-state index in [0.717, 1.165) is 0 Å². The summed E-state index contributed by atoms with van der Waals surface area (Å²) in [4.78, 5) is 32.4. The molecule has 92 valence electrons. The zero-order chi connectivity index (χ0) is 12.7. The second-order valence-electron chi connectivity index (χ2n) is 3.36. The third-order valence-electron chi connectivity index (χ3n) is 2.09. The Balaban J connectivity index is 4.37. The first-order valence-corrected chi connectivity index (χ1v) is 5.33. The van der Waals surface area contributed by atoms with Crippen LogP contribution in [0.15, 0.2) is 0 Å². The van der Waals surface area contributed by atoms with Crippen LogP contribution in [0.3, 0.4) is 0 Å². The molecule has 7 heteroatoms. The zero-order valence-electron chi connectivity index (χ0n) is 8.97. The van der Waals surface area contributed by atoms with Gasteiger partial charge in [-0.1, -0.05) is 6.92 Å². The molecule has 0 aliphatic heterocycles. The minimum atomic E-state index is -1.12. The Morgan fingerprint density at radius 1 is 1.38 bits per heavy atom. The minimum Gasteiger partial charge on any atom is -0.480 e. The van der Waals surface area contributed by atoms with E-state index in [1.807, 2.05) is 0 Å².